The highest BCUT2D eigenvalue weighted by atomic mass is 16.3. The number of amides is 2. The minimum absolute atomic E-state index is 0.281. The van der Waals surface area contributed by atoms with E-state index in [1.165, 1.54) is 0 Å². The first-order valence-electron chi connectivity index (χ1n) is 7.93. The van der Waals surface area contributed by atoms with E-state index >= 15 is 0 Å². The maximum absolute atomic E-state index is 12.6. The average molecular weight is 334 g/mol. The molecule has 1 aromatic heterocycles. The molecule has 5 nitrogen and oxygen atoms in total. The monoisotopic (exact) mass is 334 g/mol. The molecule has 2 amide bonds. The highest BCUT2D eigenvalue weighted by Crippen LogP contribution is 2.14. The van der Waals surface area contributed by atoms with Crippen molar-refractivity contribution in [3.05, 3.63) is 95.9 Å². The number of rotatable bonds is 6. The zero-order chi connectivity index (χ0) is 17.5. The van der Waals surface area contributed by atoms with Crippen LogP contribution in [0.5, 0.6) is 0 Å². The SMILES string of the molecule is O=C(N[C@H](C(=O)NCc1ccoc1)c1ccccc1)c1ccccc1. The van der Waals surface area contributed by atoms with Crippen LogP contribution in [0, 0.1) is 0 Å². The Morgan fingerprint density at radius 2 is 1.60 bits per heavy atom. The van der Waals surface area contributed by atoms with Gasteiger partial charge in [-0.15, -0.1) is 0 Å². The van der Waals surface area contributed by atoms with Crippen molar-refractivity contribution in [3.63, 3.8) is 0 Å². The summed E-state index contributed by atoms with van der Waals surface area (Å²) in [6.45, 7) is 0.333. The van der Waals surface area contributed by atoms with Gasteiger partial charge in [0.1, 0.15) is 6.04 Å². The van der Waals surface area contributed by atoms with E-state index in [2.05, 4.69) is 10.6 Å². The molecule has 1 heterocycles. The van der Waals surface area contributed by atoms with Gasteiger partial charge in [-0.05, 0) is 23.8 Å². The Balaban J connectivity index is 1.75. The predicted molar refractivity (Wildman–Crippen MR) is 93.6 cm³/mol. The van der Waals surface area contributed by atoms with E-state index in [0.717, 1.165) is 11.1 Å². The van der Waals surface area contributed by atoms with Crippen LogP contribution >= 0.6 is 0 Å². The van der Waals surface area contributed by atoms with Gasteiger partial charge in [-0.1, -0.05) is 48.5 Å². The molecule has 2 N–H and O–H groups in total. The average Bonchev–Trinajstić information content (AvgIpc) is 3.19. The second-order valence-electron chi connectivity index (χ2n) is 5.53. The fourth-order valence-electron chi connectivity index (χ4n) is 2.43. The lowest BCUT2D eigenvalue weighted by atomic mass is 10.1. The van der Waals surface area contributed by atoms with Crippen LogP contribution in [-0.2, 0) is 11.3 Å². The fourth-order valence-corrected chi connectivity index (χ4v) is 2.43. The van der Waals surface area contributed by atoms with Crippen LogP contribution in [0.25, 0.3) is 0 Å². The molecule has 3 aromatic rings. The Morgan fingerprint density at radius 3 is 2.24 bits per heavy atom. The molecule has 0 fully saturated rings. The van der Waals surface area contributed by atoms with Gasteiger partial charge in [0, 0.05) is 17.7 Å². The molecule has 0 saturated carbocycles. The van der Waals surface area contributed by atoms with Gasteiger partial charge >= 0.3 is 0 Å². The minimum Gasteiger partial charge on any atom is -0.472 e. The van der Waals surface area contributed by atoms with Crippen LogP contribution < -0.4 is 10.6 Å². The van der Waals surface area contributed by atoms with Gasteiger partial charge < -0.3 is 15.1 Å². The normalized spacial score (nSPS) is 11.5. The summed E-state index contributed by atoms with van der Waals surface area (Å²) < 4.78 is 4.99. The summed E-state index contributed by atoms with van der Waals surface area (Å²) in [5.74, 6) is -0.579. The summed E-state index contributed by atoms with van der Waals surface area (Å²) in [5, 5.41) is 5.63. The van der Waals surface area contributed by atoms with Gasteiger partial charge in [-0.2, -0.15) is 0 Å². The molecule has 0 saturated heterocycles. The number of hydrogen-bond donors (Lipinski definition) is 2. The van der Waals surface area contributed by atoms with E-state index in [4.69, 9.17) is 4.42 Å². The predicted octanol–water partition coefficient (Wildman–Crippen LogP) is 3.07. The standard InChI is InChI=1S/C20H18N2O3/c23-19(17-9-5-2-6-10-17)22-18(16-7-3-1-4-8-16)20(24)21-13-15-11-12-25-14-15/h1-12,14,18H,13H2,(H,21,24)(H,22,23)/t18-/m0/s1. The van der Waals surface area contributed by atoms with Crippen LogP contribution in [0.1, 0.15) is 27.5 Å². The first-order valence-corrected chi connectivity index (χ1v) is 7.93. The maximum atomic E-state index is 12.6. The van der Waals surface area contributed by atoms with E-state index in [1.807, 2.05) is 36.4 Å². The highest BCUT2D eigenvalue weighted by Gasteiger charge is 2.23. The van der Waals surface area contributed by atoms with Crippen LogP contribution in [-0.4, -0.2) is 11.8 Å². The number of benzene rings is 2. The van der Waals surface area contributed by atoms with Gasteiger partial charge in [0.15, 0.2) is 0 Å². The molecule has 3 rings (SSSR count). The van der Waals surface area contributed by atoms with E-state index < -0.39 is 6.04 Å². The molecule has 0 unspecified atom stereocenters. The van der Waals surface area contributed by atoms with Crippen molar-refractivity contribution >= 4 is 11.8 Å². The third-order valence-electron chi connectivity index (χ3n) is 3.75. The first kappa shape index (κ1) is 16.5. The molecule has 0 aliphatic carbocycles. The summed E-state index contributed by atoms with van der Waals surface area (Å²) >= 11 is 0. The van der Waals surface area contributed by atoms with Crippen molar-refractivity contribution in [1.29, 1.82) is 0 Å². The van der Waals surface area contributed by atoms with E-state index in [0.29, 0.717) is 12.1 Å². The van der Waals surface area contributed by atoms with Crippen molar-refractivity contribution in [2.45, 2.75) is 12.6 Å². The third kappa shape index (κ3) is 4.35. The van der Waals surface area contributed by atoms with E-state index in [1.54, 1.807) is 42.9 Å². The second kappa shape index (κ2) is 7.97. The summed E-state index contributed by atoms with van der Waals surface area (Å²) in [6.07, 6.45) is 3.12. The van der Waals surface area contributed by atoms with Gasteiger partial charge in [-0.25, -0.2) is 0 Å². The summed E-state index contributed by atoms with van der Waals surface area (Å²) in [5.41, 5.74) is 2.08. The number of carbonyl (C=O) groups excluding carboxylic acids is 2. The number of hydrogen-bond acceptors (Lipinski definition) is 3. The lowest BCUT2D eigenvalue weighted by Gasteiger charge is -2.19. The molecular weight excluding hydrogens is 316 g/mol. The Bertz CT molecular complexity index is 815. The fraction of sp³-hybridized carbons (Fsp3) is 0.100. The van der Waals surface area contributed by atoms with Crippen molar-refractivity contribution < 1.29 is 14.0 Å². The van der Waals surface area contributed by atoms with Gasteiger partial charge in [0.05, 0.1) is 12.5 Å². The van der Waals surface area contributed by atoms with E-state index in [9.17, 15) is 9.59 Å². The van der Waals surface area contributed by atoms with Gasteiger partial charge in [-0.3, -0.25) is 9.59 Å². The van der Waals surface area contributed by atoms with Crippen LogP contribution in [0.2, 0.25) is 0 Å². The Hall–Kier alpha value is -3.34. The van der Waals surface area contributed by atoms with Crippen molar-refractivity contribution in [1.82, 2.24) is 10.6 Å². The third-order valence-corrected chi connectivity index (χ3v) is 3.75. The van der Waals surface area contributed by atoms with Gasteiger partial charge in [0.2, 0.25) is 5.91 Å². The van der Waals surface area contributed by atoms with E-state index in [-0.39, 0.29) is 11.8 Å². The lowest BCUT2D eigenvalue weighted by Crippen LogP contribution is -2.40. The molecule has 25 heavy (non-hydrogen) atoms. The lowest BCUT2D eigenvalue weighted by molar-refractivity contribution is -0.123. The molecule has 0 aliphatic rings. The molecule has 5 heteroatoms. The quantitative estimate of drug-likeness (QED) is 0.728. The molecule has 1 atom stereocenters. The summed E-state index contributed by atoms with van der Waals surface area (Å²) in [6, 6.07) is 19.0. The largest absolute Gasteiger partial charge is 0.472 e. The molecule has 0 bridgehead atoms. The zero-order valence-electron chi connectivity index (χ0n) is 13.5. The molecule has 0 spiro atoms. The van der Waals surface area contributed by atoms with Crippen molar-refractivity contribution in [2.24, 2.45) is 0 Å². The topological polar surface area (TPSA) is 71.3 Å². The summed E-state index contributed by atoms with van der Waals surface area (Å²) in [7, 11) is 0. The molecule has 2 aromatic carbocycles. The number of furan rings is 1. The number of nitrogens with one attached hydrogen (secondary N) is 2. The van der Waals surface area contributed by atoms with Gasteiger partial charge in [0.25, 0.3) is 5.91 Å². The minimum atomic E-state index is -0.777. The maximum Gasteiger partial charge on any atom is 0.252 e. The van der Waals surface area contributed by atoms with Crippen LogP contribution in [0.3, 0.4) is 0 Å². The van der Waals surface area contributed by atoms with Crippen molar-refractivity contribution in [3.8, 4) is 0 Å². The van der Waals surface area contributed by atoms with Crippen LogP contribution in [0.15, 0.2) is 83.7 Å². The Labute approximate surface area is 145 Å². The molecular formula is C20H18N2O3. The summed E-state index contributed by atoms with van der Waals surface area (Å²) in [4.78, 5) is 25.1. The molecule has 0 radical (unpaired) electrons. The first-order chi connectivity index (χ1) is 12.2. The second-order valence-corrected chi connectivity index (χ2v) is 5.53. The molecule has 126 valence electrons. The van der Waals surface area contributed by atoms with Crippen molar-refractivity contribution in [2.75, 3.05) is 0 Å². The smallest absolute Gasteiger partial charge is 0.252 e. The number of carbonyl (C=O) groups is 2. The highest BCUT2D eigenvalue weighted by molar-refractivity contribution is 5.97. The Morgan fingerprint density at radius 1 is 0.920 bits per heavy atom. The molecule has 0 aliphatic heterocycles. The van der Waals surface area contributed by atoms with Crippen LogP contribution in [0.4, 0.5) is 0 Å². The zero-order valence-corrected chi connectivity index (χ0v) is 13.5. The Kier molecular flexibility index (Phi) is 5.26.